The number of phenolic OH excluding ortho intramolecular Hbond substituents is 1. The molecule has 0 aliphatic carbocycles. The highest BCUT2D eigenvalue weighted by atomic mass is 32.2. The lowest BCUT2D eigenvalue weighted by Gasteiger charge is -2.14. The van der Waals surface area contributed by atoms with Crippen LogP contribution in [0.25, 0.3) is 6.08 Å². The largest absolute Gasteiger partial charge is 0.548 e. The smallest absolute Gasteiger partial charge is 0.266 e. The third-order valence-electron chi connectivity index (χ3n) is 2.66. The second kappa shape index (κ2) is 6.15. The van der Waals surface area contributed by atoms with Crippen molar-refractivity contribution in [2.45, 2.75) is 0 Å². The summed E-state index contributed by atoms with van der Waals surface area (Å²) in [5, 5.41) is 20.1. The summed E-state index contributed by atoms with van der Waals surface area (Å²) in [5.41, 5.74) is 0.624. The molecule has 1 fully saturated rings. The van der Waals surface area contributed by atoms with Crippen molar-refractivity contribution in [2.75, 3.05) is 13.7 Å². The Morgan fingerprint density at radius 3 is 2.90 bits per heavy atom. The molecule has 2 rings (SSSR count). The van der Waals surface area contributed by atoms with Crippen molar-refractivity contribution < 1.29 is 24.5 Å². The zero-order valence-corrected chi connectivity index (χ0v) is 12.5. The molecule has 8 heteroatoms. The Morgan fingerprint density at radius 2 is 2.29 bits per heavy atom. The molecule has 1 aromatic rings. The maximum atomic E-state index is 12.1. The van der Waals surface area contributed by atoms with Crippen molar-refractivity contribution >= 4 is 46.3 Å². The first-order valence-corrected chi connectivity index (χ1v) is 6.97. The number of benzene rings is 1. The van der Waals surface area contributed by atoms with Crippen LogP contribution in [-0.4, -0.2) is 39.9 Å². The first kappa shape index (κ1) is 15.3. The van der Waals surface area contributed by atoms with Gasteiger partial charge in [0.2, 0.25) is 0 Å². The van der Waals surface area contributed by atoms with E-state index in [4.69, 9.17) is 17.0 Å². The van der Waals surface area contributed by atoms with Crippen LogP contribution in [0, 0.1) is 0 Å². The molecule has 1 aliphatic heterocycles. The van der Waals surface area contributed by atoms with Crippen molar-refractivity contribution in [3.05, 3.63) is 28.7 Å². The number of phenols is 1. The lowest BCUT2D eigenvalue weighted by atomic mass is 10.2. The number of aromatic hydroxyl groups is 1. The van der Waals surface area contributed by atoms with E-state index >= 15 is 0 Å². The van der Waals surface area contributed by atoms with Crippen LogP contribution < -0.4 is 9.84 Å². The van der Waals surface area contributed by atoms with E-state index < -0.39 is 18.4 Å². The number of thiocarbonyl (C=S) groups is 1. The van der Waals surface area contributed by atoms with Gasteiger partial charge in [0.25, 0.3) is 5.91 Å². The van der Waals surface area contributed by atoms with Gasteiger partial charge in [-0.3, -0.25) is 9.69 Å². The van der Waals surface area contributed by atoms with Crippen LogP contribution in [0.15, 0.2) is 23.1 Å². The molecule has 0 aromatic heterocycles. The van der Waals surface area contributed by atoms with E-state index in [-0.39, 0.29) is 15.8 Å². The predicted molar refractivity (Wildman–Crippen MR) is 79.5 cm³/mol. The maximum Gasteiger partial charge on any atom is 0.266 e. The maximum absolute atomic E-state index is 12.1. The van der Waals surface area contributed by atoms with Gasteiger partial charge < -0.3 is 19.7 Å². The average molecular weight is 324 g/mol. The molecule has 110 valence electrons. The number of nitrogens with zero attached hydrogens (tertiary/aromatic N) is 1. The first-order valence-electron chi connectivity index (χ1n) is 5.74. The van der Waals surface area contributed by atoms with Crippen molar-refractivity contribution in [2.24, 2.45) is 0 Å². The fraction of sp³-hybridized carbons (Fsp3) is 0.154. The van der Waals surface area contributed by atoms with Gasteiger partial charge in [-0.05, 0) is 23.8 Å². The lowest BCUT2D eigenvalue weighted by molar-refractivity contribution is -0.305. The molecule has 1 heterocycles. The van der Waals surface area contributed by atoms with Crippen molar-refractivity contribution in [3.8, 4) is 11.5 Å². The molecule has 0 atom stereocenters. The van der Waals surface area contributed by atoms with Gasteiger partial charge in [0.05, 0.1) is 24.5 Å². The van der Waals surface area contributed by atoms with Gasteiger partial charge in [-0.1, -0.05) is 30.0 Å². The van der Waals surface area contributed by atoms with Crippen molar-refractivity contribution in [3.63, 3.8) is 0 Å². The Labute approximate surface area is 130 Å². The summed E-state index contributed by atoms with van der Waals surface area (Å²) in [7, 11) is 1.41. The minimum absolute atomic E-state index is 0.0147. The zero-order chi connectivity index (χ0) is 15.6. The van der Waals surface area contributed by atoms with Crippen LogP contribution in [-0.2, 0) is 9.59 Å². The molecule has 0 saturated carbocycles. The second-order valence-electron chi connectivity index (χ2n) is 4.07. The number of aliphatic carboxylic acids is 1. The average Bonchev–Trinajstić information content (AvgIpc) is 2.68. The van der Waals surface area contributed by atoms with Crippen LogP contribution in [0.1, 0.15) is 5.56 Å². The number of amides is 1. The van der Waals surface area contributed by atoms with Crippen LogP contribution in [0.4, 0.5) is 0 Å². The van der Waals surface area contributed by atoms with Crippen LogP contribution >= 0.6 is 24.0 Å². The number of carbonyl (C=O) groups is 2. The number of methoxy groups -OCH3 is 1. The highest BCUT2D eigenvalue weighted by Crippen LogP contribution is 2.34. The summed E-state index contributed by atoms with van der Waals surface area (Å²) in [4.78, 5) is 23.9. The topological polar surface area (TPSA) is 89.9 Å². The molecule has 1 saturated heterocycles. The van der Waals surface area contributed by atoms with E-state index in [0.717, 1.165) is 16.7 Å². The van der Waals surface area contributed by atoms with Gasteiger partial charge in [0.15, 0.2) is 11.5 Å². The predicted octanol–water partition coefficient (Wildman–Crippen LogP) is 0.352. The number of ether oxygens (including phenoxy) is 1. The number of carboxylic acid groups (broad SMARTS) is 1. The molecule has 1 aliphatic rings. The number of carbonyl (C=O) groups excluding carboxylic acids is 2. The highest BCUT2D eigenvalue weighted by Gasteiger charge is 2.31. The molecular weight excluding hydrogens is 314 g/mol. The zero-order valence-electron chi connectivity index (χ0n) is 10.9. The van der Waals surface area contributed by atoms with Crippen LogP contribution in [0.5, 0.6) is 11.5 Å². The summed E-state index contributed by atoms with van der Waals surface area (Å²) in [6.45, 7) is -0.569. The molecule has 0 unspecified atom stereocenters. The lowest BCUT2D eigenvalue weighted by Crippen LogP contribution is -2.40. The third kappa shape index (κ3) is 3.34. The van der Waals surface area contributed by atoms with E-state index in [1.165, 1.54) is 13.2 Å². The Kier molecular flexibility index (Phi) is 4.49. The normalized spacial score (nSPS) is 16.6. The Balaban J connectivity index is 2.28. The summed E-state index contributed by atoms with van der Waals surface area (Å²) >= 11 is 5.98. The number of rotatable bonds is 4. The Bertz CT molecular complexity index is 656. The molecular formula is C13H10NO5S2-. The standard InChI is InChI=1S/C13H11NO5S2/c1-19-9-4-7(2-3-8(9)15)5-10-12(18)14(6-11(16)17)13(20)21-10/h2-5,15H,6H2,1H3,(H,16,17)/p-1. The van der Waals surface area contributed by atoms with Gasteiger partial charge in [-0.15, -0.1) is 0 Å². The molecule has 0 radical (unpaired) electrons. The quantitative estimate of drug-likeness (QED) is 0.631. The minimum Gasteiger partial charge on any atom is -0.548 e. The first-order chi connectivity index (χ1) is 9.92. The van der Waals surface area contributed by atoms with Gasteiger partial charge in [0.1, 0.15) is 4.32 Å². The van der Waals surface area contributed by atoms with E-state index in [1.54, 1.807) is 18.2 Å². The molecule has 21 heavy (non-hydrogen) atoms. The highest BCUT2D eigenvalue weighted by molar-refractivity contribution is 8.26. The van der Waals surface area contributed by atoms with E-state index in [9.17, 15) is 19.8 Å². The Morgan fingerprint density at radius 1 is 1.57 bits per heavy atom. The van der Waals surface area contributed by atoms with E-state index in [1.807, 2.05) is 0 Å². The van der Waals surface area contributed by atoms with Gasteiger partial charge in [-0.25, -0.2) is 0 Å². The minimum atomic E-state index is -1.38. The van der Waals surface area contributed by atoms with Crippen LogP contribution in [0.2, 0.25) is 0 Å². The Hall–Kier alpha value is -2.06. The SMILES string of the molecule is COc1cc(C=C2SC(=S)N(CC(=O)[O-])C2=O)ccc1O. The monoisotopic (exact) mass is 324 g/mol. The summed E-state index contributed by atoms with van der Waals surface area (Å²) in [6, 6.07) is 4.59. The number of hydrogen-bond acceptors (Lipinski definition) is 7. The second-order valence-corrected chi connectivity index (χ2v) is 5.75. The third-order valence-corrected chi connectivity index (χ3v) is 4.04. The van der Waals surface area contributed by atoms with Crippen molar-refractivity contribution in [1.82, 2.24) is 4.90 Å². The van der Waals surface area contributed by atoms with Crippen molar-refractivity contribution in [1.29, 1.82) is 0 Å². The summed E-state index contributed by atoms with van der Waals surface area (Å²) in [5.74, 6) is -1.60. The number of carboxylic acids is 1. The molecule has 6 nitrogen and oxygen atoms in total. The molecule has 0 bridgehead atoms. The van der Waals surface area contributed by atoms with Crippen LogP contribution in [0.3, 0.4) is 0 Å². The van der Waals surface area contributed by atoms with Gasteiger partial charge >= 0.3 is 0 Å². The van der Waals surface area contributed by atoms with Gasteiger partial charge in [-0.2, -0.15) is 0 Å². The number of thioether (sulfide) groups is 1. The summed E-state index contributed by atoms with van der Waals surface area (Å²) in [6.07, 6.45) is 1.55. The summed E-state index contributed by atoms with van der Waals surface area (Å²) < 4.78 is 5.15. The molecule has 1 amide bonds. The van der Waals surface area contributed by atoms with Gasteiger partial charge in [0, 0.05) is 0 Å². The van der Waals surface area contributed by atoms with E-state index in [2.05, 4.69) is 0 Å². The number of hydrogen-bond donors (Lipinski definition) is 1. The fourth-order valence-corrected chi connectivity index (χ4v) is 2.96. The molecule has 1 aromatic carbocycles. The van der Waals surface area contributed by atoms with E-state index in [0.29, 0.717) is 10.5 Å². The molecule has 0 spiro atoms. The molecule has 1 N–H and O–H groups in total. The fourth-order valence-electron chi connectivity index (χ4n) is 1.70.